The first-order valence-electron chi connectivity index (χ1n) is 10.9. The first-order valence-corrected chi connectivity index (χ1v) is 10.9. The van der Waals surface area contributed by atoms with Gasteiger partial charge < -0.3 is 4.84 Å². The molecule has 5 rings (SSSR count). The SMILES string of the molecule is c1ccc(C(ON=C2CCCc3ccccc32)(c2ccccc2)c2ccccc2)cc1. The number of aryl methyl sites for hydroxylation is 1. The number of hydrogen-bond donors (Lipinski definition) is 0. The van der Waals surface area contributed by atoms with Gasteiger partial charge >= 0.3 is 0 Å². The predicted octanol–water partition coefficient (Wildman–Crippen LogP) is 6.74. The van der Waals surface area contributed by atoms with Crippen molar-refractivity contribution >= 4 is 5.71 Å². The Hall–Kier alpha value is -3.65. The normalized spacial score (nSPS) is 14.8. The molecule has 1 aliphatic carbocycles. The first kappa shape index (κ1) is 19.3. The zero-order chi connectivity index (χ0) is 20.9. The Morgan fingerprint density at radius 2 is 1.03 bits per heavy atom. The molecule has 4 aromatic rings. The summed E-state index contributed by atoms with van der Waals surface area (Å²) in [5.74, 6) is 0. The first-order chi connectivity index (χ1) is 15.4. The molecule has 0 spiro atoms. The van der Waals surface area contributed by atoms with E-state index in [-0.39, 0.29) is 0 Å². The van der Waals surface area contributed by atoms with E-state index in [1.807, 2.05) is 18.2 Å². The molecule has 0 saturated heterocycles. The fraction of sp³-hybridized carbons (Fsp3) is 0.138. The topological polar surface area (TPSA) is 21.6 Å². The molecule has 0 fully saturated rings. The summed E-state index contributed by atoms with van der Waals surface area (Å²) in [6, 6.07) is 39.7. The highest BCUT2D eigenvalue weighted by molar-refractivity contribution is 6.02. The second-order valence-corrected chi connectivity index (χ2v) is 7.92. The molecule has 0 heterocycles. The van der Waals surface area contributed by atoms with Crippen LogP contribution < -0.4 is 0 Å². The minimum Gasteiger partial charge on any atom is -0.374 e. The van der Waals surface area contributed by atoms with Crippen LogP contribution in [0.1, 0.15) is 40.7 Å². The number of oxime groups is 1. The minimum absolute atomic E-state index is 0.830. The molecule has 0 atom stereocenters. The lowest BCUT2D eigenvalue weighted by Crippen LogP contribution is -2.32. The highest BCUT2D eigenvalue weighted by Gasteiger charge is 2.39. The summed E-state index contributed by atoms with van der Waals surface area (Å²) in [5, 5.41) is 4.84. The van der Waals surface area contributed by atoms with Crippen molar-refractivity contribution in [3.05, 3.63) is 143 Å². The van der Waals surface area contributed by atoms with Crippen LogP contribution in [0, 0.1) is 0 Å². The summed E-state index contributed by atoms with van der Waals surface area (Å²) < 4.78 is 0. The van der Waals surface area contributed by atoms with Gasteiger partial charge in [0.05, 0.1) is 5.71 Å². The van der Waals surface area contributed by atoms with Crippen molar-refractivity contribution < 1.29 is 4.84 Å². The molecule has 0 saturated carbocycles. The Balaban J connectivity index is 1.70. The summed E-state index contributed by atoms with van der Waals surface area (Å²) in [6.07, 6.45) is 3.11. The largest absolute Gasteiger partial charge is 0.374 e. The van der Waals surface area contributed by atoms with Gasteiger partial charge in [0.1, 0.15) is 0 Å². The fourth-order valence-corrected chi connectivity index (χ4v) is 4.50. The molecular weight excluding hydrogens is 378 g/mol. The molecule has 0 bridgehead atoms. The summed E-state index contributed by atoms with van der Waals surface area (Å²) in [7, 11) is 0. The van der Waals surface area contributed by atoms with E-state index < -0.39 is 5.60 Å². The molecule has 152 valence electrons. The lowest BCUT2D eigenvalue weighted by molar-refractivity contribution is 0.0169. The van der Waals surface area contributed by atoms with Crippen molar-refractivity contribution in [1.82, 2.24) is 0 Å². The third-order valence-electron chi connectivity index (χ3n) is 6.02. The van der Waals surface area contributed by atoms with Gasteiger partial charge in [0.2, 0.25) is 5.60 Å². The maximum atomic E-state index is 6.67. The maximum Gasteiger partial charge on any atom is 0.212 e. The second-order valence-electron chi connectivity index (χ2n) is 7.92. The van der Waals surface area contributed by atoms with E-state index in [9.17, 15) is 0 Å². The van der Waals surface area contributed by atoms with Crippen molar-refractivity contribution in [3.8, 4) is 0 Å². The Labute approximate surface area is 183 Å². The molecular formula is C29H25NO. The Morgan fingerprint density at radius 1 is 0.548 bits per heavy atom. The summed E-state index contributed by atoms with van der Waals surface area (Å²) in [6.45, 7) is 0. The summed E-state index contributed by atoms with van der Waals surface area (Å²) in [4.78, 5) is 6.67. The van der Waals surface area contributed by atoms with Crippen molar-refractivity contribution in [2.45, 2.75) is 24.9 Å². The fourth-order valence-electron chi connectivity index (χ4n) is 4.50. The molecule has 0 N–H and O–H groups in total. The van der Waals surface area contributed by atoms with Gasteiger partial charge in [-0.15, -0.1) is 0 Å². The molecule has 0 aromatic heterocycles. The molecule has 2 nitrogen and oxygen atoms in total. The van der Waals surface area contributed by atoms with Crippen LogP contribution in [0.4, 0.5) is 0 Å². The second kappa shape index (κ2) is 8.61. The average molecular weight is 404 g/mol. The zero-order valence-corrected chi connectivity index (χ0v) is 17.4. The predicted molar refractivity (Wildman–Crippen MR) is 126 cm³/mol. The van der Waals surface area contributed by atoms with Crippen molar-refractivity contribution in [2.24, 2.45) is 5.16 Å². The van der Waals surface area contributed by atoms with Gasteiger partial charge in [-0.2, -0.15) is 0 Å². The third kappa shape index (κ3) is 3.66. The van der Waals surface area contributed by atoms with Crippen molar-refractivity contribution in [3.63, 3.8) is 0 Å². The van der Waals surface area contributed by atoms with Gasteiger partial charge in [0, 0.05) is 22.3 Å². The number of fused-ring (bicyclic) bond motifs is 1. The van der Waals surface area contributed by atoms with Crippen LogP contribution >= 0.6 is 0 Å². The van der Waals surface area contributed by atoms with E-state index in [4.69, 9.17) is 9.99 Å². The van der Waals surface area contributed by atoms with E-state index >= 15 is 0 Å². The Bertz CT molecular complexity index is 1070. The van der Waals surface area contributed by atoms with Crippen LogP contribution in [0.15, 0.2) is 120 Å². The molecule has 0 unspecified atom stereocenters. The van der Waals surface area contributed by atoms with Crippen LogP contribution in [0.5, 0.6) is 0 Å². The summed E-state index contributed by atoms with van der Waals surface area (Å²) in [5.41, 5.74) is 5.91. The number of rotatable bonds is 5. The number of hydrogen-bond acceptors (Lipinski definition) is 2. The minimum atomic E-state index is -0.830. The summed E-state index contributed by atoms with van der Waals surface area (Å²) >= 11 is 0. The average Bonchev–Trinajstić information content (AvgIpc) is 2.86. The highest BCUT2D eigenvalue weighted by Crippen LogP contribution is 2.41. The molecule has 0 radical (unpaired) electrons. The molecule has 31 heavy (non-hydrogen) atoms. The third-order valence-corrected chi connectivity index (χ3v) is 6.02. The van der Waals surface area contributed by atoms with Gasteiger partial charge in [0.15, 0.2) is 0 Å². The van der Waals surface area contributed by atoms with E-state index in [1.54, 1.807) is 0 Å². The maximum absolute atomic E-state index is 6.67. The molecule has 1 aliphatic rings. The highest BCUT2D eigenvalue weighted by atomic mass is 16.6. The van der Waals surface area contributed by atoms with E-state index in [1.165, 1.54) is 11.1 Å². The van der Waals surface area contributed by atoms with Crippen molar-refractivity contribution in [2.75, 3.05) is 0 Å². The molecule has 4 aromatic carbocycles. The van der Waals surface area contributed by atoms with Gasteiger partial charge in [-0.25, -0.2) is 0 Å². The quantitative estimate of drug-likeness (QED) is 0.267. The van der Waals surface area contributed by atoms with Gasteiger partial charge in [-0.3, -0.25) is 0 Å². The van der Waals surface area contributed by atoms with Gasteiger partial charge in [-0.05, 0) is 24.8 Å². The van der Waals surface area contributed by atoms with Gasteiger partial charge in [0.25, 0.3) is 0 Å². The smallest absolute Gasteiger partial charge is 0.212 e. The van der Waals surface area contributed by atoms with Crippen molar-refractivity contribution in [1.29, 1.82) is 0 Å². The zero-order valence-electron chi connectivity index (χ0n) is 17.4. The molecule has 2 heteroatoms. The lowest BCUT2D eigenvalue weighted by atomic mass is 9.80. The van der Waals surface area contributed by atoms with Crippen LogP contribution in [0.2, 0.25) is 0 Å². The standard InChI is InChI=1S/C29H25NO/c1-4-15-24(16-5-1)29(25-17-6-2-7-18-25,26-19-8-3-9-20-26)31-30-28-22-12-14-23-13-10-11-21-27(23)28/h1-11,13,15-21H,12,14,22H2. The van der Waals surface area contributed by atoms with Crippen LogP contribution in [0.25, 0.3) is 0 Å². The van der Waals surface area contributed by atoms with E-state index in [0.29, 0.717) is 0 Å². The lowest BCUT2D eigenvalue weighted by Gasteiger charge is -2.33. The Kier molecular flexibility index (Phi) is 5.37. The van der Waals surface area contributed by atoms with Gasteiger partial charge in [-0.1, -0.05) is 120 Å². The van der Waals surface area contributed by atoms with Crippen LogP contribution in [-0.4, -0.2) is 5.71 Å². The number of benzene rings is 4. The van der Waals surface area contributed by atoms with E-state index in [2.05, 4.69) is 97.1 Å². The molecule has 0 aliphatic heterocycles. The van der Waals surface area contributed by atoms with Crippen LogP contribution in [-0.2, 0) is 16.9 Å². The number of nitrogens with zero attached hydrogens (tertiary/aromatic N) is 1. The molecule has 0 amide bonds. The van der Waals surface area contributed by atoms with E-state index in [0.717, 1.165) is 41.7 Å². The van der Waals surface area contributed by atoms with Crippen LogP contribution in [0.3, 0.4) is 0 Å². The monoisotopic (exact) mass is 403 g/mol. The Morgan fingerprint density at radius 3 is 1.58 bits per heavy atom.